The van der Waals surface area contributed by atoms with E-state index >= 15 is 0 Å². The number of hydrogen-bond donors (Lipinski definition) is 2. The van der Waals surface area contributed by atoms with E-state index in [1.807, 2.05) is 0 Å². The molecule has 0 aromatic heterocycles. The Balaban J connectivity index is 1.63. The Labute approximate surface area is 196 Å². The van der Waals surface area contributed by atoms with Crippen LogP contribution in [-0.4, -0.2) is 22.9 Å². The maximum Gasteiger partial charge on any atom is 0.0629 e. The molecule has 178 valence electrons. The Morgan fingerprint density at radius 1 is 0.875 bits per heavy atom. The van der Waals surface area contributed by atoms with Crippen LogP contribution in [0.2, 0.25) is 0 Å². The summed E-state index contributed by atoms with van der Waals surface area (Å²) in [4.78, 5) is 0. The van der Waals surface area contributed by atoms with Crippen molar-refractivity contribution in [2.45, 2.75) is 106 Å². The van der Waals surface area contributed by atoms with Crippen molar-refractivity contribution in [1.29, 1.82) is 0 Å². The molecule has 0 spiro atoms. The lowest BCUT2D eigenvalue weighted by atomic mass is 9.36. The van der Waals surface area contributed by atoms with Crippen molar-refractivity contribution in [3.05, 3.63) is 34.9 Å². The molecule has 32 heavy (non-hydrogen) atoms. The largest absolute Gasteiger partial charge is 0.396 e. The molecule has 2 nitrogen and oxygen atoms in total. The van der Waals surface area contributed by atoms with Gasteiger partial charge in [-0.05, 0) is 90.1 Å². The van der Waals surface area contributed by atoms with Crippen LogP contribution >= 0.6 is 0 Å². The molecular formula is C30H46O2. The molecule has 0 bridgehead atoms. The topological polar surface area (TPSA) is 40.5 Å². The maximum atomic E-state index is 10.8. The van der Waals surface area contributed by atoms with Crippen molar-refractivity contribution in [3.63, 3.8) is 0 Å². The highest BCUT2D eigenvalue weighted by Crippen LogP contribution is 2.73. The van der Waals surface area contributed by atoms with Gasteiger partial charge < -0.3 is 10.2 Å². The van der Waals surface area contributed by atoms with Crippen LogP contribution in [0.5, 0.6) is 0 Å². The molecule has 0 heterocycles. The first kappa shape index (κ1) is 22.9. The predicted octanol–water partition coefficient (Wildman–Crippen LogP) is 6.98. The molecule has 3 fully saturated rings. The van der Waals surface area contributed by atoms with Gasteiger partial charge in [-0.25, -0.2) is 0 Å². The zero-order chi connectivity index (χ0) is 23.4. The molecule has 0 radical (unpaired) electrons. The number of aliphatic hydroxyl groups excluding tert-OH is 2. The minimum Gasteiger partial charge on any atom is -0.396 e. The van der Waals surface area contributed by atoms with Crippen molar-refractivity contribution < 1.29 is 10.2 Å². The minimum atomic E-state index is -0.254. The van der Waals surface area contributed by atoms with Gasteiger partial charge in [0.05, 0.1) is 6.10 Å². The Morgan fingerprint density at radius 3 is 2.25 bits per heavy atom. The second kappa shape index (κ2) is 6.63. The summed E-state index contributed by atoms with van der Waals surface area (Å²) in [5, 5.41) is 21.0. The van der Waals surface area contributed by atoms with Crippen molar-refractivity contribution >= 4 is 0 Å². The number of aliphatic hydroxyl groups is 2. The smallest absolute Gasteiger partial charge is 0.0629 e. The summed E-state index contributed by atoms with van der Waals surface area (Å²) in [6.45, 7) is 17.3. The minimum absolute atomic E-state index is 0.0457. The van der Waals surface area contributed by atoms with E-state index < -0.39 is 0 Å². The number of allylic oxidation sites excluding steroid dienone is 5. The summed E-state index contributed by atoms with van der Waals surface area (Å²) in [5.74, 6) is 0.640. The van der Waals surface area contributed by atoms with Gasteiger partial charge in [-0.15, -0.1) is 0 Å². The fourth-order valence-electron chi connectivity index (χ4n) is 9.23. The molecule has 5 rings (SSSR count). The highest BCUT2D eigenvalue weighted by molar-refractivity contribution is 5.57. The lowest BCUT2D eigenvalue weighted by Crippen LogP contribution is -2.60. The third-order valence-electron chi connectivity index (χ3n) is 12.1. The van der Waals surface area contributed by atoms with Gasteiger partial charge in [0.1, 0.15) is 0 Å². The normalized spacial score (nSPS) is 51.8. The number of hydrogen-bond acceptors (Lipinski definition) is 2. The SMILES string of the molecule is CC1(C)C2=CC=C3C(=CC[C@@]4(C)[C@H]5C[C@@](C)(CO)CC[C@]5(C)CC[C@]34C)[C@@]2(C)CC[C@H]1O. The highest BCUT2D eigenvalue weighted by atomic mass is 16.3. The van der Waals surface area contributed by atoms with Gasteiger partial charge in [-0.1, -0.05) is 72.3 Å². The van der Waals surface area contributed by atoms with E-state index in [2.05, 4.69) is 66.7 Å². The molecule has 0 saturated heterocycles. The van der Waals surface area contributed by atoms with Crippen LogP contribution in [-0.2, 0) is 0 Å². The monoisotopic (exact) mass is 438 g/mol. The number of rotatable bonds is 1. The molecule has 7 atom stereocenters. The van der Waals surface area contributed by atoms with Crippen LogP contribution in [0.4, 0.5) is 0 Å². The van der Waals surface area contributed by atoms with Crippen LogP contribution in [0.3, 0.4) is 0 Å². The van der Waals surface area contributed by atoms with Gasteiger partial charge in [-0.3, -0.25) is 0 Å². The van der Waals surface area contributed by atoms with E-state index in [1.54, 1.807) is 11.1 Å². The quantitative estimate of drug-likeness (QED) is 0.463. The fraction of sp³-hybridized carbons (Fsp3) is 0.800. The van der Waals surface area contributed by atoms with Gasteiger partial charge in [0.15, 0.2) is 0 Å². The third-order valence-corrected chi connectivity index (χ3v) is 12.1. The number of fused-ring (bicyclic) bond motifs is 7. The van der Waals surface area contributed by atoms with E-state index in [4.69, 9.17) is 0 Å². The highest BCUT2D eigenvalue weighted by Gasteiger charge is 2.65. The zero-order valence-electron chi connectivity index (χ0n) is 21.6. The second-order valence-corrected chi connectivity index (χ2v) is 14.2. The average Bonchev–Trinajstić information content (AvgIpc) is 2.74. The lowest BCUT2D eigenvalue weighted by Gasteiger charge is -2.68. The fourth-order valence-corrected chi connectivity index (χ4v) is 9.23. The summed E-state index contributed by atoms with van der Waals surface area (Å²) in [6, 6.07) is 0. The van der Waals surface area contributed by atoms with Crippen molar-refractivity contribution in [1.82, 2.24) is 0 Å². The van der Waals surface area contributed by atoms with E-state index in [0.717, 1.165) is 32.1 Å². The first-order valence-electron chi connectivity index (χ1n) is 13.2. The zero-order valence-corrected chi connectivity index (χ0v) is 21.6. The standard InChI is InChI=1S/C30H46O2/c1-25(2)22-9-8-21-20(28(22,5)12-11-24(25)32)10-13-30(7)23-18-26(3,19-31)14-15-27(23,4)16-17-29(21,30)6/h8-10,23-24,31-32H,11-19H2,1-7H3/t23-,24+,26-,27+,28+,29+,30-/m0/s1. The van der Waals surface area contributed by atoms with E-state index in [1.165, 1.54) is 24.8 Å². The lowest BCUT2D eigenvalue weighted by molar-refractivity contribution is -0.146. The van der Waals surface area contributed by atoms with Crippen molar-refractivity contribution in [2.75, 3.05) is 6.61 Å². The van der Waals surface area contributed by atoms with Crippen LogP contribution in [0.15, 0.2) is 34.9 Å². The Bertz CT molecular complexity index is 923. The Kier molecular flexibility index (Phi) is 4.74. The summed E-state index contributed by atoms with van der Waals surface area (Å²) < 4.78 is 0. The van der Waals surface area contributed by atoms with Crippen LogP contribution in [0, 0.1) is 38.4 Å². The molecule has 0 aromatic rings. The molecule has 0 amide bonds. The summed E-state index contributed by atoms with van der Waals surface area (Å²) in [6.07, 6.45) is 16.4. The van der Waals surface area contributed by atoms with Gasteiger partial charge in [-0.2, -0.15) is 0 Å². The average molecular weight is 439 g/mol. The summed E-state index contributed by atoms with van der Waals surface area (Å²) in [7, 11) is 0. The molecule has 5 aliphatic carbocycles. The van der Waals surface area contributed by atoms with Crippen molar-refractivity contribution in [2.24, 2.45) is 38.4 Å². The predicted molar refractivity (Wildman–Crippen MR) is 132 cm³/mol. The van der Waals surface area contributed by atoms with E-state index in [9.17, 15) is 10.2 Å². The summed E-state index contributed by atoms with van der Waals surface area (Å²) in [5.41, 5.74) is 5.31. The Morgan fingerprint density at radius 2 is 1.56 bits per heavy atom. The van der Waals surface area contributed by atoms with Gasteiger partial charge in [0, 0.05) is 17.4 Å². The second-order valence-electron chi connectivity index (χ2n) is 14.2. The van der Waals surface area contributed by atoms with E-state index in [-0.39, 0.29) is 33.2 Å². The van der Waals surface area contributed by atoms with Crippen LogP contribution in [0.1, 0.15) is 99.8 Å². The summed E-state index contributed by atoms with van der Waals surface area (Å²) >= 11 is 0. The molecule has 0 aromatic carbocycles. The first-order valence-corrected chi connectivity index (χ1v) is 13.2. The van der Waals surface area contributed by atoms with Crippen LogP contribution < -0.4 is 0 Å². The molecule has 0 aliphatic heterocycles. The molecule has 5 aliphatic rings. The Hall–Kier alpha value is -0.860. The first-order chi connectivity index (χ1) is 14.8. The molecule has 3 saturated carbocycles. The molecule has 2 heteroatoms. The van der Waals surface area contributed by atoms with Crippen LogP contribution in [0.25, 0.3) is 0 Å². The van der Waals surface area contributed by atoms with E-state index in [0.29, 0.717) is 17.9 Å². The van der Waals surface area contributed by atoms with Gasteiger partial charge in [0.2, 0.25) is 0 Å². The molecule has 2 N–H and O–H groups in total. The van der Waals surface area contributed by atoms with Crippen molar-refractivity contribution in [3.8, 4) is 0 Å². The van der Waals surface area contributed by atoms with Gasteiger partial charge >= 0.3 is 0 Å². The van der Waals surface area contributed by atoms with Gasteiger partial charge in [0.25, 0.3) is 0 Å². The molecule has 0 unspecified atom stereocenters. The third kappa shape index (κ3) is 2.66. The maximum absolute atomic E-state index is 10.8. The molecular weight excluding hydrogens is 392 g/mol.